The second kappa shape index (κ2) is 11.8. The predicted octanol–water partition coefficient (Wildman–Crippen LogP) is 5.11. The number of guanidine groups is 1. The molecule has 1 fully saturated rings. The van der Waals surface area contributed by atoms with E-state index in [0.29, 0.717) is 42.7 Å². The third-order valence-corrected chi connectivity index (χ3v) is 7.42. The summed E-state index contributed by atoms with van der Waals surface area (Å²) in [6.45, 7) is 1.96. The third kappa shape index (κ3) is 6.03. The van der Waals surface area contributed by atoms with Gasteiger partial charge in [0.25, 0.3) is 0 Å². The van der Waals surface area contributed by atoms with Crippen LogP contribution in [0.15, 0.2) is 58.7 Å². The van der Waals surface area contributed by atoms with Crippen LogP contribution in [0.1, 0.15) is 22.9 Å². The molecule has 208 valence electrons. The molecule has 39 heavy (non-hydrogen) atoms. The number of ether oxygens (including phenoxy) is 2. The number of rotatable bonds is 8. The lowest BCUT2D eigenvalue weighted by Gasteiger charge is -2.44. The molecule has 2 aliphatic heterocycles. The van der Waals surface area contributed by atoms with Crippen LogP contribution in [-0.4, -0.2) is 73.4 Å². The van der Waals surface area contributed by atoms with Crippen molar-refractivity contribution < 1.29 is 32.5 Å². The Morgan fingerprint density at radius 1 is 1.23 bits per heavy atom. The third-order valence-electron chi connectivity index (χ3n) is 6.41. The van der Waals surface area contributed by atoms with Crippen molar-refractivity contribution in [3.05, 3.63) is 64.2 Å². The van der Waals surface area contributed by atoms with Gasteiger partial charge in [0.05, 0.1) is 54.8 Å². The maximum absolute atomic E-state index is 13.8. The number of nitrogens with one attached hydrogen (secondary N) is 1. The van der Waals surface area contributed by atoms with Crippen LogP contribution in [0.3, 0.4) is 0 Å². The zero-order valence-electron chi connectivity index (χ0n) is 21.3. The summed E-state index contributed by atoms with van der Waals surface area (Å²) >= 11 is 1.31. The van der Waals surface area contributed by atoms with Crippen molar-refractivity contribution in [1.82, 2.24) is 9.80 Å². The van der Waals surface area contributed by atoms with Crippen molar-refractivity contribution in [2.24, 2.45) is 4.99 Å². The van der Waals surface area contributed by atoms with Crippen LogP contribution in [0.4, 0.5) is 24.5 Å². The predicted molar refractivity (Wildman–Crippen MR) is 143 cm³/mol. The topological polar surface area (TPSA) is 102 Å². The summed E-state index contributed by atoms with van der Waals surface area (Å²) in [4.78, 5) is 23.0. The molecule has 0 bridgehead atoms. The fourth-order valence-corrected chi connectivity index (χ4v) is 5.55. The molecule has 13 heteroatoms. The van der Waals surface area contributed by atoms with E-state index in [2.05, 4.69) is 4.90 Å². The second-order valence-electron chi connectivity index (χ2n) is 8.72. The lowest BCUT2D eigenvalue weighted by Crippen LogP contribution is -2.55. The highest BCUT2D eigenvalue weighted by Gasteiger charge is 2.40. The van der Waals surface area contributed by atoms with Gasteiger partial charge < -0.3 is 29.8 Å². The fraction of sp³-hybridized carbons (Fsp3) is 0.346. The highest BCUT2D eigenvalue weighted by atomic mass is 32.1. The number of carboxylic acid groups (broad SMARTS) is 1. The molecule has 1 saturated heterocycles. The van der Waals surface area contributed by atoms with Crippen LogP contribution in [0.25, 0.3) is 0 Å². The number of nitrogens with zero attached hydrogens (tertiary/aromatic N) is 4. The van der Waals surface area contributed by atoms with Crippen molar-refractivity contribution in [3.63, 3.8) is 0 Å². The maximum atomic E-state index is 13.8. The molecule has 1 unspecified atom stereocenters. The first-order valence-corrected chi connectivity index (χ1v) is 12.9. The van der Waals surface area contributed by atoms with Crippen molar-refractivity contribution >= 4 is 40.9 Å². The van der Waals surface area contributed by atoms with Gasteiger partial charge in [0, 0.05) is 38.1 Å². The molecule has 3 heterocycles. The SMILES string of the molecule is CO/C=C/C(=C\C=N)N1CCN(C2=Nc3ccsc3C(CC(=O)O)N2c2cc(C(F)(F)F)ccc2OC)CC1. The Hall–Kier alpha value is -4.00. The van der Waals surface area contributed by atoms with E-state index in [1.165, 1.54) is 44.1 Å². The number of aliphatic carboxylic acids is 1. The highest BCUT2D eigenvalue weighted by molar-refractivity contribution is 7.10. The summed E-state index contributed by atoms with van der Waals surface area (Å²) < 4.78 is 51.7. The molecule has 2 aliphatic rings. The van der Waals surface area contributed by atoms with Gasteiger partial charge in [-0.05, 0) is 41.8 Å². The second-order valence-corrected chi connectivity index (χ2v) is 9.67. The molecule has 2 N–H and O–H groups in total. The Kier molecular flexibility index (Phi) is 8.48. The summed E-state index contributed by atoms with van der Waals surface area (Å²) in [7, 11) is 2.89. The number of benzene rings is 1. The molecule has 0 radical (unpaired) electrons. The Bertz CT molecular complexity index is 1300. The first kappa shape index (κ1) is 28.0. The Morgan fingerprint density at radius 3 is 2.59 bits per heavy atom. The van der Waals surface area contributed by atoms with Gasteiger partial charge in [-0.15, -0.1) is 11.3 Å². The number of fused-ring (bicyclic) bond motifs is 1. The van der Waals surface area contributed by atoms with Gasteiger partial charge in [0.15, 0.2) is 0 Å². The number of hydrogen-bond donors (Lipinski definition) is 2. The van der Waals surface area contributed by atoms with E-state index in [4.69, 9.17) is 19.9 Å². The average molecular weight is 564 g/mol. The Labute approximate surface area is 227 Å². The van der Waals surface area contributed by atoms with Crippen LogP contribution in [0.5, 0.6) is 5.75 Å². The van der Waals surface area contributed by atoms with E-state index in [9.17, 15) is 23.1 Å². The molecular weight excluding hydrogens is 535 g/mol. The largest absolute Gasteiger partial charge is 0.504 e. The normalized spacial score (nSPS) is 18.2. The van der Waals surface area contributed by atoms with Crippen molar-refractivity contribution in [3.8, 4) is 5.75 Å². The zero-order chi connectivity index (χ0) is 28.2. The van der Waals surface area contributed by atoms with Gasteiger partial charge in [-0.1, -0.05) is 0 Å². The van der Waals surface area contributed by atoms with E-state index in [1.54, 1.807) is 28.5 Å². The molecule has 0 saturated carbocycles. The number of piperazine rings is 1. The minimum Gasteiger partial charge on any atom is -0.504 e. The highest BCUT2D eigenvalue weighted by Crippen LogP contribution is 2.47. The van der Waals surface area contributed by atoms with Gasteiger partial charge in [0.1, 0.15) is 5.75 Å². The van der Waals surface area contributed by atoms with E-state index in [-0.39, 0.29) is 17.9 Å². The Balaban J connectivity index is 1.77. The maximum Gasteiger partial charge on any atom is 0.416 e. The number of aliphatic imine (C=N–C) groups is 1. The number of alkyl halides is 3. The molecule has 1 aromatic carbocycles. The average Bonchev–Trinajstić information content (AvgIpc) is 3.39. The van der Waals surface area contributed by atoms with E-state index < -0.39 is 23.8 Å². The molecule has 0 spiro atoms. The van der Waals surface area contributed by atoms with Gasteiger partial charge in [-0.3, -0.25) is 9.69 Å². The van der Waals surface area contributed by atoms with Gasteiger partial charge >= 0.3 is 12.1 Å². The van der Waals surface area contributed by atoms with Crippen molar-refractivity contribution in [2.75, 3.05) is 45.3 Å². The summed E-state index contributed by atoms with van der Waals surface area (Å²) in [5.41, 5.74) is 0.585. The van der Waals surface area contributed by atoms with Crippen LogP contribution >= 0.6 is 11.3 Å². The summed E-state index contributed by atoms with van der Waals surface area (Å²) in [6.07, 6.45) is 1.14. The van der Waals surface area contributed by atoms with Crippen molar-refractivity contribution in [2.45, 2.75) is 18.6 Å². The van der Waals surface area contributed by atoms with Gasteiger partial charge in [0.2, 0.25) is 5.96 Å². The van der Waals surface area contributed by atoms with Crippen LogP contribution < -0.4 is 9.64 Å². The van der Waals surface area contributed by atoms with E-state index in [1.807, 2.05) is 4.90 Å². The summed E-state index contributed by atoms with van der Waals surface area (Å²) in [5, 5.41) is 19.0. The standard InChI is InChI=1S/C26H28F3N5O4S/c1-37-13-6-18(5-8-30)32-9-11-33(12-10-32)25-31-19-7-14-39-24(19)21(16-23(35)36)34(25)20-15-17(26(27,28)29)3-4-22(20)38-2/h3-8,13-15,21,30H,9-12,16H2,1-2H3,(H,35,36)/b13-6+,18-5+,30-8?. The molecule has 1 atom stereocenters. The van der Waals surface area contributed by atoms with Gasteiger partial charge in [-0.25, -0.2) is 4.99 Å². The minimum atomic E-state index is -4.61. The number of hydrogen-bond acceptors (Lipinski definition) is 9. The van der Waals surface area contributed by atoms with Gasteiger partial charge in [-0.2, -0.15) is 13.2 Å². The monoisotopic (exact) mass is 563 g/mol. The van der Waals surface area contributed by atoms with E-state index >= 15 is 0 Å². The van der Waals surface area contributed by atoms with E-state index in [0.717, 1.165) is 17.8 Å². The summed E-state index contributed by atoms with van der Waals surface area (Å²) in [5.74, 6) is -0.562. The number of anilines is 1. The molecular formula is C26H28F3N5O4S. The van der Waals surface area contributed by atoms with Crippen molar-refractivity contribution in [1.29, 1.82) is 5.41 Å². The first-order valence-electron chi connectivity index (χ1n) is 12.0. The zero-order valence-corrected chi connectivity index (χ0v) is 22.1. The quantitative estimate of drug-likeness (QED) is 0.262. The molecule has 9 nitrogen and oxygen atoms in total. The molecule has 0 aliphatic carbocycles. The number of thiophene rings is 1. The number of halogens is 3. The Morgan fingerprint density at radius 2 is 1.97 bits per heavy atom. The lowest BCUT2D eigenvalue weighted by atomic mass is 10.0. The van der Waals surface area contributed by atoms with Crippen LogP contribution in [0, 0.1) is 5.41 Å². The van der Waals surface area contributed by atoms with Crippen LogP contribution in [0.2, 0.25) is 0 Å². The smallest absolute Gasteiger partial charge is 0.416 e. The number of carboxylic acids is 1. The number of carbonyl (C=O) groups is 1. The first-order chi connectivity index (χ1) is 18.7. The van der Waals surface area contributed by atoms with Crippen LogP contribution in [-0.2, 0) is 15.7 Å². The number of allylic oxidation sites excluding steroid dienone is 2. The summed E-state index contributed by atoms with van der Waals surface area (Å²) in [6, 6.07) is 4.16. The lowest BCUT2D eigenvalue weighted by molar-refractivity contribution is -0.138. The fourth-order valence-electron chi connectivity index (χ4n) is 4.63. The minimum absolute atomic E-state index is 0.0891. The molecule has 1 aromatic heterocycles. The molecule has 0 amide bonds. The molecule has 4 rings (SSSR count). The molecule has 2 aromatic rings. The number of methoxy groups -OCH3 is 2.